The summed E-state index contributed by atoms with van der Waals surface area (Å²) in [7, 11) is -9.03. The van der Waals surface area contributed by atoms with E-state index < -0.39 is 29.9 Å². The van der Waals surface area contributed by atoms with Crippen molar-refractivity contribution in [3.63, 3.8) is 0 Å². The van der Waals surface area contributed by atoms with Gasteiger partial charge in [-0.15, -0.1) is 0 Å². The molecular weight excluding hydrogens is 593 g/mol. The van der Waals surface area contributed by atoms with Crippen molar-refractivity contribution in [3.8, 4) is 0 Å². The van der Waals surface area contributed by atoms with Gasteiger partial charge in [0, 0.05) is 29.8 Å². The van der Waals surface area contributed by atoms with E-state index in [0.717, 1.165) is 30.6 Å². The lowest BCUT2D eigenvalue weighted by molar-refractivity contribution is 0.156. The smallest absolute Gasteiger partial charge is 0.319 e. The molecule has 0 saturated carbocycles. The summed E-state index contributed by atoms with van der Waals surface area (Å²) < 4.78 is 55.7. The van der Waals surface area contributed by atoms with Gasteiger partial charge in [-0.1, -0.05) is 84.9 Å². The van der Waals surface area contributed by atoms with E-state index in [1.165, 1.54) is 23.3 Å². The fraction of sp³-hybridized carbons (Fsp3) is 0.343. The Morgan fingerprint density at radius 2 is 1.18 bits per heavy atom. The van der Waals surface area contributed by atoms with E-state index in [0.29, 0.717) is 36.5 Å². The zero-order chi connectivity index (χ0) is 30.8. The third-order valence-electron chi connectivity index (χ3n) is 9.09. The summed E-state index contributed by atoms with van der Waals surface area (Å²) >= 11 is 0. The number of urea groups is 1. The van der Waals surface area contributed by atoms with Crippen molar-refractivity contribution in [1.82, 2.24) is 10.2 Å². The Morgan fingerprint density at radius 1 is 0.682 bits per heavy atom. The molecule has 44 heavy (non-hydrogen) atoms. The highest BCUT2D eigenvalue weighted by atomic mass is 32.3. The van der Waals surface area contributed by atoms with Gasteiger partial charge in [0.2, 0.25) is 19.7 Å². The molecule has 1 fully saturated rings. The lowest BCUT2D eigenvalue weighted by Gasteiger charge is -2.45. The van der Waals surface area contributed by atoms with Gasteiger partial charge in [-0.25, -0.2) is 21.6 Å². The highest BCUT2D eigenvalue weighted by molar-refractivity contribution is 8.10. The molecule has 1 saturated heterocycles. The Bertz CT molecular complexity index is 1740. The number of benzene rings is 4. The van der Waals surface area contributed by atoms with Crippen LogP contribution in [0.4, 0.5) is 4.79 Å². The van der Waals surface area contributed by atoms with Crippen molar-refractivity contribution in [2.45, 2.75) is 77.8 Å². The van der Waals surface area contributed by atoms with E-state index in [1.807, 2.05) is 36.4 Å². The third-order valence-corrected chi connectivity index (χ3v) is 14.8. The summed E-state index contributed by atoms with van der Waals surface area (Å²) in [5, 5.41) is 3.86. The molecule has 7 nitrogen and oxygen atoms in total. The molecule has 230 valence electrons. The molecular formula is C35H38N2O5S2. The van der Waals surface area contributed by atoms with E-state index in [2.05, 4.69) is 29.6 Å². The Hall–Kier alpha value is -3.69. The molecule has 4 bridgehead atoms. The predicted molar refractivity (Wildman–Crippen MR) is 173 cm³/mol. The Kier molecular flexibility index (Phi) is 8.53. The van der Waals surface area contributed by atoms with Gasteiger partial charge in [0.15, 0.2) is 0 Å². The number of piperidine rings is 1. The summed E-state index contributed by atoms with van der Waals surface area (Å²) in [6.45, 7) is 0.0388. The second-order valence-electron chi connectivity index (χ2n) is 11.8. The van der Waals surface area contributed by atoms with E-state index in [-0.39, 0.29) is 28.8 Å². The molecule has 1 N–H and O–H groups in total. The molecule has 0 unspecified atom stereocenters. The quantitative estimate of drug-likeness (QED) is 0.223. The molecule has 0 aliphatic carbocycles. The van der Waals surface area contributed by atoms with Crippen LogP contribution in [0.2, 0.25) is 0 Å². The fourth-order valence-electron chi connectivity index (χ4n) is 6.88. The number of likely N-dealkylation sites (tertiary alicyclic amines) is 1. The second kappa shape index (κ2) is 12.4. The molecule has 1 spiro atoms. The first-order valence-corrected chi connectivity index (χ1v) is 18.4. The number of hydrogen-bond donors (Lipinski definition) is 1. The monoisotopic (exact) mass is 630 g/mol. The minimum atomic E-state index is -4.52. The standard InChI is InChI=1S/C35H38N2O5S2/c38-34(36-29(19-9-17-27-13-3-1-4-14-27)20-10-18-28-15-5-2-6-16-28)37-26-8-7-25-35(37)43(39,40)32-23-11-21-30-31(32)22-12-24-33(30)44(35,41)42/h1-6,11-16,21-24,29H,7-10,17-20,25-26H2,(H,36,38). The molecule has 2 amide bonds. The minimum absolute atomic E-state index is 0.0388. The number of aryl methyl sites for hydroxylation is 2. The number of nitrogens with one attached hydrogen (secondary N) is 1. The number of hydrogen-bond acceptors (Lipinski definition) is 5. The van der Waals surface area contributed by atoms with Gasteiger partial charge >= 0.3 is 6.03 Å². The molecule has 2 aliphatic rings. The van der Waals surface area contributed by atoms with Gasteiger partial charge in [-0.3, -0.25) is 4.90 Å². The molecule has 4 aromatic rings. The molecule has 4 aromatic carbocycles. The van der Waals surface area contributed by atoms with Crippen molar-refractivity contribution in [3.05, 3.63) is 108 Å². The van der Waals surface area contributed by atoms with Gasteiger partial charge in [0.1, 0.15) is 0 Å². The van der Waals surface area contributed by atoms with Gasteiger partial charge < -0.3 is 5.32 Å². The lowest BCUT2D eigenvalue weighted by atomic mass is 9.99. The SMILES string of the molecule is O=C(NC(CCCc1ccccc1)CCCc1ccccc1)N1CCCCC12S(=O)(=O)c1cccc3c(cccc13)S2(=O)=O. The van der Waals surface area contributed by atoms with Crippen LogP contribution in [0, 0.1) is 0 Å². The zero-order valence-electron chi connectivity index (χ0n) is 24.7. The lowest BCUT2D eigenvalue weighted by Crippen LogP contribution is -2.65. The molecule has 0 radical (unpaired) electrons. The van der Waals surface area contributed by atoms with Crippen molar-refractivity contribution >= 4 is 36.5 Å². The van der Waals surface area contributed by atoms with Crippen LogP contribution in [0.5, 0.6) is 0 Å². The highest BCUT2D eigenvalue weighted by Gasteiger charge is 2.64. The van der Waals surface area contributed by atoms with Crippen LogP contribution >= 0.6 is 0 Å². The number of sulfone groups is 2. The Labute approximate surface area is 260 Å². The van der Waals surface area contributed by atoms with Gasteiger partial charge in [0.25, 0.3) is 4.20 Å². The first-order valence-electron chi connectivity index (χ1n) is 15.4. The Morgan fingerprint density at radius 3 is 1.68 bits per heavy atom. The van der Waals surface area contributed by atoms with Gasteiger partial charge in [-0.05, 0) is 74.6 Å². The van der Waals surface area contributed by atoms with Crippen molar-refractivity contribution < 1.29 is 21.6 Å². The largest absolute Gasteiger partial charge is 0.335 e. The van der Waals surface area contributed by atoms with Crippen LogP contribution in [0.1, 0.15) is 56.1 Å². The van der Waals surface area contributed by atoms with Crippen LogP contribution in [0.25, 0.3) is 10.8 Å². The maximum atomic E-state index is 14.5. The van der Waals surface area contributed by atoms with Crippen LogP contribution in [-0.2, 0) is 32.5 Å². The Balaban J connectivity index is 1.30. The summed E-state index contributed by atoms with van der Waals surface area (Å²) in [6, 6.07) is 28.8. The van der Waals surface area contributed by atoms with Crippen LogP contribution in [-0.4, -0.2) is 44.6 Å². The number of rotatable bonds is 9. The van der Waals surface area contributed by atoms with Crippen molar-refractivity contribution in [1.29, 1.82) is 0 Å². The van der Waals surface area contributed by atoms with Crippen molar-refractivity contribution in [2.75, 3.05) is 6.54 Å². The minimum Gasteiger partial charge on any atom is -0.335 e. The topological polar surface area (TPSA) is 101 Å². The van der Waals surface area contributed by atoms with Gasteiger partial charge in [-0.2, -0.15) is 0 Å². The molecule has 9 heteroatoms. The molecule has 0 atom stereocenters. The van der Waals surface area contributed by atoms with Crippen LogP contribution < -0.4 is 5.32 Å². The van der Waals surface area contributed by atoms with E-state index in [4.69, 9.17) is 0 Å². The average Bonchev–Trinajstić information content (AvgIpc) is 3.05. The number of nitrogens with zero attached hydrogens (tertiary/aromatic N) is 1. The summed E-state index contributed by atoms with van der Waals surface area (Å²) in [4.78, 5) is 15.3. The van der Waals surface area contributed by atoms with E-state index in [9.17, 15) is 21.6 Å². The third kappa shape index (κ3) is 5.30. The first-order chi connectivity index (χ1) is 21.3. The second-order valence-corrected chi connectivity index (χ2v) is 16.3. The summed E-state index contributed by atoms with van der Waals surface area (Å²) in [6.07, 6.45) is 5.47. The molecule has 2 heterocycles. The maximum absolute atomic E-state index is 14.5. The van der Waals surface area contributed by atoms with Crippen LogP contribution in [0.15, 0.2) is 107 Å². The maximum Gasteiger partial charge on any atom is 0.319 e. The highest BCUT2D eigenvalue weighted by Crippen LogP contribution is 2.50. The van der Waals surface area contributed by atoms with Crippen LogP contribution in [0.3, 0.4) is 0 Å². The predicted octanol–water partition coefficient (Wildman–Crippen LogP) is 6.66. The molecule has 0 aromatic heterocycles. The summed E-state index contributed by atoms with van der Waals surface area (Å²) in [5.74, 6) is 0. The molecule has 6 rings (SSSR count). The number of amides is 2. The fourth-order valence-corrected chi connectivity index (χ4v) is 12.5. The average molecular weight is 631 g/mol. The normalized spacial score (nSPS) is 18.0. The first kappa shape index (κ1) is 30.3. The summed E-state index contributed by atoms with van der Waals surface area (Å²) in [5.41, 5.74) is 2.42. The number of carbonyl (C=O) groups excluding carboxylic acids is 1. The van der Waals surface area contributed by atoms with E-state index in [1.54, 1.807) is 24.3 Å². The molecule has 2 aliphatic heterocycles. The van der Waals surface area contributed by atoms with E-state index >= 15 is 0 Å². The number of carbonyl (C=O) groups is 1. The van der Waals surface area contributed by atoms with Crippen molar-refractivity contribution in [2.24, 2.45) is 0 Å². The van der Waals surface area contributed by atoms with Gasteiger partial charge in [0.05, 0.1) is 9.79 Å². The zero-order valence-corrected chi connectivity index (χ0v) is 26.3.